The van der Waals surface area contributed by atoms with E-state index in [0.29, 0.717) is 0 Å². The summed E-state index contributed by atoms with van der Waals surface area (Å²) in [6.45, 7) is 1.22. The SMILES string of the molecule is C1=CC2CCCCC2CN1. The van der Waals surface area contributed by atoms with Crippen LogP contribution in [0.3, 0.4) is 0 Å². The molecule has 2 aliphatic rings. The maximum Gasteiger partial charge on any atom is 0.0175 e. The number of hydrogen-bond acceptors (Lipinski definition) is 1. The molecule has 0 saturated heterocycles. The topological polar surface area (TPSA) is 12.0 Å². The Morgan fingerprint density at radius 2 is 2.10 bits per heavy atom. The predicted molar refractivity (Wildman–Crippen MR) is 42.6 cm³/mol. The summed E-state index contributed by atoms with van der Waals surface area (Å²) < 4.78 is 0. The van der Waals surface area contributed by atoms with E-state index in [9.17, 15) is 0 Å². The third kappa shape index (κ3) is 1.05. The van der Waals surface area contributed by atoms with Crippen molar-refractivity contribution in [3.05, 3.63) is 12.3 Å². The Hall–Kier alpha value is -0.460. The van der Waals surface area contributed by atoms with Crippen molar-refractivity contribution in [2.45, 2.75) is 25.7 Å². The second kappa shape index (κ2) is 2.65. The molecular weight excluding hydrogens is 122 g/mol. The van der Waals surface area contributed by atoms with E-state index in [1.54, 1.807) is 0 Å². The minimum Gasteiger partial charge on any atom is -0.391 e. The van der Waals surface area contributed by atoms with Gasteiger partial charge in [0, 0.05) is 6.54 Å². The van der Waals surface area contributed by atoms with E-state index >= 15 is 0 Å². The summed E-state index contributed by atoms with van der Waals surface area (Å²) in [5, 5.41) is 3.30. The van der Waals surface area contributed by atoms with Gasteiger partial charge in [0.2, 0.25) is 0 Å². The highest BCUT2D eigenvalue weighted by Crippen LogP contribution is 2.31. The molecule has 10 heavy (non-hydrogen) atoms. The van der Waals surface area contributed by atoms with Gasteiger partial charge in [-0.2, -0.15) is 0 Å². The van der Waals surface area contributed by atoms with Crippen LogP contribution in [0.15, 0.2) is 12.3 Å². The summed E-state index contributed by atoms with van der Waals surface area (Å²) in [5.41, 5.74) is 0. The van der Waals surface area contributed by atoms with Gasteiger partial charge in [0.15, 0.2) is 0 Å². The van der Waals surface area contributed by atoms with Crippen LogP contribution in [0.2, 0.25) is 0 Å². The highest BCUT2D eigenvalue weighted by molar-refractivity contribution is 4.97. The van der Waals surface area contributed by atoms with Crippen molar-refractivity contribution >= 4 is 0 Å². The fourth-order valence-electron chi connectivity index (χ4n) is 2.15. The molecular formula is C9H15N. The molecule has 1 N–H and O–H groups in total. The first kappa shape index (κ1) is 6.26. The van der Waals surface area contributed by atoms with Crippen LogP contribution in [0, 0.1) is 11.8 Å². The maximum atomic E-state index is 3.30. The van der Waals surface area contributed by atoms with E-state index in [0.717, 1.165) is 11.8 Å². The van der Waals surface area contributed by atoms with Crippen molar-refractivity contribution in [1.29, 1.82) is 0 Å². The van der Waals surface area contributed by atoms with Gasteiger partial charge in [0.25, 0.3) is 0 Å². The molecule has 1 heteroatoms. The minimum atomic E-state index is 0.912. The molecule has 0 bridgehead atoms. The van der Waals surface area contributed by atoms with E-state index in [2.05, 4.69) is 17.6 Å². The van der Waals surface area contributed by atoms with Crippen LogP contribution < -0.4 is 5.32 Å². The zero-order valence-electron chi connectivity index (χ0n) is 6.34. The van der Waals surface area contributed by atoms with Crippen molar-refractivity contribution in [1.82, 2.24) is 5.32 Å². The van der Waals surface area contributed by atoms with Crippen molar-refractivity contribution in [3.8, 4) is 0 Å². The Kier molecular flexibility index (Phi) is 1.66. The molecule has 2 unspecified atom stereocenters. The Labute approximate surface area is 62.5 Å². The molecule has 1 fully saturated rings. The molecule has 0 aromatic rings. The normalized spacial score (nSPS) is 38.4. The smallest absolute Gasteiger partial charge is 0.0175 e. The second-order valence-electron chi connectivity index (χ2n) is 3.48. The monoisotopic (exact) mass is 137 g/mol. The molecule has 1 saturated carbocycles. The molecule has 1 nitrogen and oxygen atoms in total. The Morgan fingerprint density at radius 1 is 1.20 bits per heavy atom. The quantitative estimate of drug-likeness (QED) is 0.537. The molecule has 0 spiro atoms. The van der Waals surface area contributed by atoms with Crippen LogP contribution in [0.25, 0.3) is 0 Å². The molecule has 0 aromatic heterocycles. The standard InChI is InChI=1S/C9H15N/c1-2-4-9-7-10-6-5-8(9)3-1/h5-6,8-10H,1-4,7H2. The molecule has 1 aliphatic heterocycles. The number of nitrogens with one attached hydrogen (secondary N) is 1. The summed E-state index contributed by atoms with van der Waals surface area (Å²) in [5.74, 6) is 1.87. The third-order valence-electron chi connectivity index (χ3n) is 2.81. The summed E-state index contributed by atoms with van der Waals surface area (Å²) >= 11 is 0. The Balaban J connectivity index is 2.03. The predicted octanol–water partition coefficient (Wildman–Crippen LogP) is 1.91. The fourth-order valence-corrected chi connectivity index (χ4v) is 2.15. The zero-order chi connectivity index (χ0) is 6.81. The van der Waals surface area contributed by atoms with Crippen molar-refractivity contribution in [2.75, 3.05) is 6.54 Å². The molecule has 1 heterocycles. The van der Waals surface area contributed by atoms with Crippen LogP contribution in [0.5, 0.6) is 0 Å². The van der Waals surface area contributed by atoms with Crippen molar-refractivity contribution in [2.24, 2.45) is 11.8 Å². The average molecular weight is 137 g/mol. The van der Waals surface area contributed by atoms with Crippen molar-refractivity contribution < 1.29 is 0 Å². The lowest BCUT2D eigenvalue weighted by Gasteiger charge is -2.32. The first-order valence-corrected chi connectivity index (χ1v) is 4.37. The highest BCUT2D eigenvalue weighted by atomic mass is 14.8. The number of hydrogen-bond donors (Lipinski definition) is 1. The van der Waals surface area contributed by atoms with E-state index in [1.807, 2.05) is 0 Å². The lowest BCUT2D eigenvalue weighted by molar-refractivity contribution is 0.270. The molecule has 0 radical (unpaired) electrons. The molecule has 1 aliphatic carbocycles. The van der Waals surface area contributed by atoms with Gasteiger partial charge >= 0.3 is 0 Å². The largest absolute Gasteiger partial charge is 0.391 e. The molecule has 0 aromatic carbocycles. The summed E-state index contributed by atoms with van der Waals surface area (Å²) in [6, 6.07) is 0. The van der Waals surface area contributed by atoms with Gasteiger partial charge in [0.05, 0.1) is 0 Å². The average Bonchev–Trinajstić information content (AvgIpc) is 2.05. The number of fused-ring (bicyclic) bond motifs is 1. The zero-order valence-corrected chi connectivity index (χ0v) is 6.34. The van der Waals surface area contributed by atoms with Gasteiger partial charge in [-0.1, -0.05) is 18.9 Å². The maximum absolute atomic E-state index is 3.30. The van der Waals surface area contributed by atoms with Crippen LogP contribution in [0.4, 0.5) is 0 Å². The molecule has 56 valence electrons. The highest BCUT2D eigenvalue weighted by Gasteiger charge is 2.23. The van der Waals surface area contributed by atoms with Crippen LogP contribution in [0.1, 0.15) is 25.7 Å². The summed E-state index contributed by atoms with van der Waals surface area (Å²) in [4.78, 5) is 0. The van der Waals surface area contributed by atoms with Gasteiger partial charge in [-0.3, -0.25) is 0 Å². The van der Waals surface area contributed by atoms with E-state index in [4.69, 9.17) is 0 Å². The lowest BCUT2D eigenvalue weighted by Crippen LogP contribution is -2.31. The number of rotatable bonds is 0. The fraction of sp³-hybridized carbons (Fsp3) is 0.778. The van der Waals surface area contributed by atoms with Gasteiger partial charge in [-0.25, -0.2) is 0 Å². The summed E-state index contributed by atoms with van der Waals surface area (Å²) in [7, 11) is 0. The van der Waals surface area contributed by atoms with E-state index in [-0.39, 0.29) is 0 Å². The molecule has 0 amide bonds. The second-order valence-corrected chi connectivity index (χ2v) is 3.48. The lowest BCUT2D eigenvalue weighted by atomic mass is 9.78. The molecule has 2 atom stereocenters. The van der Waals surface area contributed by atoms with Crippen molar-refractivity contribution in [3.63, 3.8) is 0 Å². The Bertz CT molecular complexity index is 140. The first-order valence-electron chi connectivity index (χ1n) is 4.37. The Morgan fingerprint density at radius 3 is 3.00 bits per heavy atom. The van der Waals surface area contributed by atoms with Gasteiger partial charge in [-0.15, -0.1) is 0 Å². The van der Waals surface area contributed by atoms with Crippen LogP contribution >= 0.6 is 0 Å². The molecule has 2 rings (SSSR count). The minimum absolute atomic E-state index is 0.912. The summed E-state index contributed by atoms with van der Waals surface area (Å²) in [6.07, 6.45) is 10.3. The van der Waals surface area contributed by atoms with E-state index < -0.39 is 0 Å². The van der Waals surface area contributed by atoms with Gasteiger partial charge in [0.1, 0.15) is 0 Å². The van der Waals surface area contributed by atoms with E-state index in [1.165, 1.54) is 32.2 Å². The van der Waals surface area contributed by atoms with Gasteiger partial charge < -0.3 is 5.32 Å². The number of allylic oxidation sites excluding steroid dienone is 1. The third-order valence-corrected chi connectivity index (χ3v) is 2.81. The van der Waals surface area contributed by atoms with Crippen LogP contribution in [-0.4, -0.2) is 6.54 Å². The van der Waals surface area contributed by atoms with Crippen LogP contribution in [-0.2, 0) is 0 Å². The first-order chi connectivity index (χ1) is 4.97. The van der Waals surface area contributed by atoms with Gasteiger partial charge in [-0.05, 0) is 30.9 Å².